The van der Waals surface area contributed by atoms with Crippen molar-refractivity contribution in [3.05, 3.63) is 76.6 Å². The molecule has 3 aromatic rings. The van der Waals surface area contributed by atoms with Crippen molar-refractivity contribution in [1.29, 1.82) is 0 Å². The summed E-state index contributed by atoms with van der Waals surface area (Å²) >= 11 is 6.31. The number of halogens is 1. The first-order valence-corrected chi connectivity index (χ1v) is 10.5. The fourth-order valence-corrected chi connectivity index (χ4v) is 4.14. The summed E-state index contributed by atoms with van der Waals surface area (Å²) in [6.07, 6.45) is 0. The van der Waals surface area contributed by atoms with Crippen LogP contribution in [0.4, 0.5) is 10.5 Å². The number of aryl methyl sites for hydroxylation is 1. The predicted molar refractivity (Wildman–Crippen MR) is 121 cm³/mol. The summed E-state index contributed by atoms with van der Waals surface area (Å²) < 4.78 is 1.93. The minimum atomic E-state index is -0.0416. The van der Waals surface area contributed by atoms with Crippen LogP contribution in [-0.4, -0.2) is 46.9 Å². The predicted octanol–water partition coefficient (Wildman–Crippen LogP) is 4.17. The first-order valence-electron chi connectivity index (χ1n) is 10.2. The lowest BCUT2D eigenvalue weighted by Crippen LogP contribution is -2.51. The molecule has 2 amide bonds. The van der Waals surface area contributed by atoms with Crippen LogP contribution in [-0.2, 0) is 6.54 Å². The van der Waals surface area contributed by atoms with Gasteiger partial charge >= 0.3 is 6.03 Å². The van der Waals surface area contributed by atoms with E-state index in [2.05, 4.69) is 15.3 Å². The van der Waals surface area contributed by atoms with E-state index in [-0.39, 0.29) is 6.03 Å². The van der Waals surface area contributed by atoms with Gasteiger partial charge in [0.1, 0.15) is 0 Å². The highest BCUT2D eigenvalue weighted by atomic mass is 35.5. The highest BCUT2D eigenvalue weighted by Crippen LogP contribution is 2.26. The normalized spacial score (nSPS) is 14.1. The van der Waals surface area contributed by atoms with Crippen LogP contribution in [0.1, 0.15) is 17.0 Å². The number of para-hydroxylation sites is 2. The first-order chi connectivity index (χ1) is 14.5. The standard InChI is InChI=1S/C23H26ClN5O/c1-17-20(18(2)29(26-17)19-8-4-3-5-9-19)16-25-23(30)28-14-12-27(13-15-28)22-11-7-6-10-21(22)24/h3-11H,12-16H2,1-2H3,(H,25,30). The molecule has 1 saturated heterocycles. The molecule has 0 aliphatic carbocycles. The third kappa shape index (κ3) is 4.14. The fraction of sp³-hybridized carbons (Fsp3) is 0.304. The second-order valence-electron chi connectivity index (χ2n) is 7.48. The first kappa shape index (κ1) is 20.3. The van der Waals surface area contributed by atoms with Gasteiger partial charge in [-0.3, -0.25) is 0 Å². The molecule has 156 valence electrons. The molecule has 0 radical (unpaired) electrons. The minimum absolute atomic E-state index is 0.0416. The average Bonchev–Trinajstić information content (AvgIpc) is 3.06. The fourth-order valence-electron chi connectivity index (χ4n) is 3.89. The van der Waals surface area contributed by atoms with Crippen LogP contribution >= 0.6 is 11.6 Å². The second kappa shape index (κ2) is 8.79. The van der Waals surface area contributed by atoms with Crippen LogP contribution < -0.4 is 10.2 Å². The third-order valence-corrected chi connectivity index (χ3v) is 5.94. The maximum atomic E-state index is 12.7. The third-order valence-electron chi connectivity index (χ3n) is 5.62. The van der Waals surface area contributed by atoms with E-state index in [0.29, 0.717) is 19.6 Å². The largest absolute Gasteiger partial charge is 0.367 e. The van der Waals surface area contributed by atoms with Crippen molar-refractivity contribution in [2.75, 3.05) is 31.1 Å². The molecule has 1 aliphatic heterocycles. The van der Waals surface area contributed by atoms with Crippen molar-refractivity contribution in [2.24, 2.45) is 0 Å². The lowest BCUT2D eigenvalue weighted by Gasteiger charge is -2.36. The number of hydrogen-bond donors (Lipinski definition) is 1. The van der Waals surface area contributed by atoms with Gasteiger partial charge in [-0.1, -0.05) is 41.9 Å². The summed E-state index contributed by atoms with van der Waals surface area (Å²) in [5.74, 6) is 0. The summed E-state index contributed by atoms with van der Waals surface area (Å²) in [7, 11) is 0. The number of carbonyl (C=O) groups is 1. The molecule has 0 bridgehead atoms. The van der Waals surface area contributed by atoms with Crippen molar-refractivity contribution in [3.8, 4) is 5.69 Å². The van der Waals surface area contributed by atoms with Gasteiger partial charge in [-0.2, -0.15) is 5.10 Å². The van der Waals surface area contributed by atoms with E-state index in [1.807, 2.05) is 78.0 Å². The molecule has 1 fully saturated rings. The Balaban J connectivity index is 1.36. The lowest BCUT2D eigenvalue weighted by atomic mass is 10.2. The number of rotatable bonds is 4. The smallest absolute Gasteiger partial charge is 0.317 e. The molecule has 0 saturated carbocycles. The molecule has 2 heterocycles. The van der Waals surface area contributed by atoms with E-state index < -0.39 is 0 Å². The Morgan fingerprint density at radius 3 is 2.37 bits per heavy atom. The summed E-state index contributed by atoms with van der Waals surface area (Å²) in [6.45, 7) is 7.35. The van der Waals surface area contributed by atoms with Crippen molar-refractivity contribution >= 4 is 23.3 Å². The number of carbonyl (C=O) groups excluding carboxylic acids is 1. The molecular formula is C23H26ClN5O. The van der Waals surface area contributed by atoms with Crippen LogP contribution in [0.15, 0.2) is 54.6 Å². The van der Waals surface area contributed by atoms with Crippen molar-refractivity contribution < 1.29 is 4.79 Å². The average molecular weight is 424 g/mol. The van der Waals surface area contributed by atoms with Crippen LogP contribution in [0.5, 0.6) is 0 Å². The number of amides is 2. The summed E-state index contributed by atoms with van der Waals surface area (Å²) in [4.78, 5) is 16.8. The maximum Gasteiger partial charge on any atom is 0.317 e. The zero-order chi connectivity index (χ0) is 21.1. The molecule has 0 atom stereocenters. The van der Waals surface area contributed by atoms with Gasteiger partial charge in [0.2, 0.25) is 0 Å². The molecule has 2 aromatic carbocycles. The number of piperazine rings is 1. The van der Waals surface area contributed by atoms with Crippen LogP contribution in [0, 0.1) is 13.8 Å². The number of nitrogens with one attached hydrogen (secondary N) is 1. The Morgan fingerprint density at radius 1 is 1.00 bits per heavy atom. The molecule has 1 N–H and O–H groups in total. The minimum Gasteiger partial charge on any atom is -0.367 e. The van der Waals surface area contributed by atoms with Crippen LogP contribution in [0.3, 0.4) is 0 Å². The van der Waals surface area contributed by atoms with Gasteiger partial charge in [-0.05, 0) is 38.1 Å². The highest BCUT2D eigenvalue weighted by molar-refractivity contribution is 6.33. The van der Waals surface area contributed by atoms with Gasteiger partial charge in [0.15, 0.2) is 0 Å². The number of urea groups is 1. The van der Waals surface area contributed by atoms with Gasteiger partial charge in [-0.15, -0.1) is 0 Å². The quantitative estimate of drug-likeness (QED) is 0.685. The van der Waals surface area contributed by atoms with E-state index in [9.17, 15) is 4.79 Å². The summed E-state index contributed by atoms with van der Waals surface area (Å²) in [5.41, 5.74) is 5.08. The van der Waals surface area contributed by atoms with E-state index in [1.54, 1.807) is 0 Å². The number of hydrogen-bond acceptors (Lipinski definition) is 3. The molecule has 30 heavy (non-hydrogen) atoms. The Kier molecular flexibility index (Phi) is 5.95. The number of nitrogens with zero attached hydrogens (tertiary/aromatic N) is 4. The van der Waals surface area contributed by atoms with Gasteiger partial charge in [-0.25, -0.2) is 9.48 Å². The van der Waals surface area contributed by atoms with Gasteiger partial charge in [0.25, 0.3) is 0 Å². The van der Waals surface area contributed by atoms with Crippen LogP contribution in [0.25, 0.3) is 5.69 Å². The number of anilines is 1. The van der Waals surface area contributed by atoms with Gasteiger partial charge < -0.3 is 15.1 Å². The van der Waals surface area contributed by atoms with Crippen LogP contribution in [0.2, 0.25) is 5.02 Å². The zero-order valence-electron chi connectivity index (χ0n) is 17.3. The second-order valence-corrected chi connectivity index (χ2v) is 7.89. The molecule has 0 spiro atoms. The highest BCUT2D eigenvalue weighted by Gasteiger charge is 2.23. The SMILES string of the molecule is Cc1nn(-c2ccccc2)c(C)c1CNC(=O)N1CCN(c2ccccc2Cl)CC1. The van der Waals surface area contributed by atoms with E-state index in [1.165, 1.54) is 0 Å². The maximum absolute atomic E-state index is 12.7. The molecule has 1 aromatic heterocycles. The Labute approximate surface area is 182 Å². The lowest BCUT2D eigenvalue weighted by molar-refractivity contribution is 0.194. The van der Waals surface area contributed by atoms with Gasteiger partial charge in [0, 0.05) is 44.0 Å². The zero-order valence-corrected chi connectivity index (χ0v) is 18.1. The molecule has 1 aliphatic rings. The Bertz CT molecular complexity index is 1030. The van der Waals surface area contributed by atoms with E-state index in [0.717, 1.165) is 46.4 Å². The van der Waals surface area contributed by atoms with E-state index in [4.69, 9.17) is 11.6 Å². The molecular weight excluding hydrogens is 398 g/mol. The van der Waals surface area contributed by atoms with Crippen molar-refractivity contribution in [1.82, 2.24) is 20.0 Å². The Morgan fingerprint density at radius 2 is 1.67 bits per heavy atom. The van der Waals surface area contributed by atoms with Crippen molar-refractivity contribution in [2.45, 2.75) is 20.4 Å². The number of aromatic nitrogens is 2. The summed E-state index contributed by atoms with van der Waals surface area (Å²) in [5, 5.41) is 8.47. The monoisotopic (exact) mass is 423 g/mol. The molecule has 0 unspecified atom stereocenters. The summed E-state index contributed by atoms with van der Waals surface area (Å²) in [6, 6.07) is 17.8. The topological polar surface area (TPSA) is 53.4 Å². The molecule has 7 heteroatoms. The van der Waals surface area contributed by atoms with Gasteiger partial charge in [0.05, 0.1) is 22.1 Å². The number of benzene rings is 2. The molecule has 6 nitrogen and oxygen atoms in total. The Hall–Kier alpha value is -2.99. The molecule has 4 rings (SSSR count). The van der Waals surface area contributed by atoms with Crippen molar-refractivity contribution in [3.63, 3.8) is 0 Å². The van der Waals surface area contributed by atoms with E-state index >= 15 is 0 Å².